The number of nitrogens with zero attached hydrogens (tertiary/aromatic N) is 1. The summed E-state index contributed by atoms with van der Waals surface area (Å²) in [5, 5.41) is 6.12. The minimum absolute atomic E-state index is 0.129. The van der Waals surface area contributed by atoms with E-state index in [1.807, 2.05) is 23.4 Å². The number of hydrogen-bond acceptors (Lipinski definition) is 1. The molecule has 0 saturated heterocycles. The lowest BCUT2D eigenvalue weighted by molar-refractivity contribution is -0.659. The summed E-state index contributed by atoms with van der Waals surface area (Å²) in [5.74, 6) is 0. The highest BCUT2D eigenvalue weighted by Crippen LogP contribution is 2.52. The number of aromatic nitrogens is 1. The van der Waals surface area contributed by atoms with Crippen molar-refractivity contribution in [1.29, 1.82) is 0 Å². The van der Waals surface area contributed by atoms with Gasteiger partial charge in [-0.3, -0.25) is 0 Å². The fourth-order valence-electron chi connectivity index (χ4n) is 5.81. The Morgan fingerprint density at radius 3 is 2.22 bits per heavy atom. The van der Waals surface area contributed by atoms with Crippen molar-refractivity contribution in [3.63, 3.8) is 0 Å². The first-order valence-electron chi connectivity index (χ1n) is 14.6. The monoisotopic (exact) mass is 528 g/mol. The normalized spacial score (nSPS) is 14.7. The van der Waals surface area contributed by atoms with Gasteiger partial charge in [-0.2, -0.15) is 0 Å². The van der Waals surface area contributed by atoms with E-state index in [2.05, 4.69) is 98.4 Å². The Labute approximate surface area is 232 Å². The van der Waals surface area contributed by atoms with Gasteiger partial charge in [-0.05, 0) is 69.5 Å². The fraction of sp³-hybridized carbons (Fsp3) is 0.441. The van der Waals surface area contributed by atoms with E-state index < -0.39 is 8.07 Å². The van der Waals surface area contributed by atoms with Gasteiger partial charge in [0.15, 0.2) is 6.17 Å². The Balaban J connectivity index is 1.96. The van der Waals surface area contributed by atoms with Crippen molar-refractivity contribution in [2.45, 2.75) is 90.7 Å². The molecule has 0 radical (unpaired) electrons. The summed E-state index contributed by atoms with van der Waals surface area (Å²) in [6.07, 6.45) is 2.30. The lowest BCUT2D eigenvalue weighted by Gasteiger charge is -2.29. The molecule has 0 aliphatic carbocycles. The van der Waals surface area contributed by atoms with Gasteiger partial charge in [-0.15, -0.1) is 0 Å². The first-order valence-corrected chi connectivity index (χ1v) is 17.9. The first-order chi connectivity index (χ1) is 17.9. The summed E-state index contributed by atoms with van der Waals surface area (Å²) in [6.45, 7) is 23.3. The predicted octanol–water partition coefficient (Wildman–Crippen LogP) is 8.98. The Morgan fingerprint density at radius 2 is 1.59 bits per heavy atom. The molecule has 1 aliphatic heterocycles. The molecule has 0 atom stereocenters. The van der Waals surface area contributed by atoms with E-state index >= 15 is 0 Å². The predicted molar refractivity (Wildman–Crippen MR) is 166 cm³/mol. The summed E-state index contributed by atoms with van der Waals surface area (Å²) >= 11 is 1.90. The number of benzene rings is 3. The van der Waals surface area contributed by atoms with E-state index in [0.29, 0.717) is 6.04 Å². The molecule has 194 valence electrons. The summed E-state index contributed by atoms with van der Waals surface area (Å²) < 4.78 is 19.9. The van der Waals surface area contributed by atoms with Crippen molar-refractivity contribution in [3.05, 3.63) is 59.2 Å². The van der Waals surface area contributed by atoms with Crippen LogP contribution in [-0.4, -0.2) is 8.07 Å². The van der Waals surface area contributed by atoms with Gasteiger partial charge >= 0.3 is 0 Å². The number of pyridine rings is 1. The summed E-state index contributed by atoms with van der Waals surface area (Å²) in [7, 11) is 0.346. The first kappa shape index (κ1) is 24.0. The van der Waals surface area contributed by atoms with E-state index in [0.717, 1.165) is 29.3 Å². The van der Waals surface area contributed by atoms with Crippen molar-refractivity contribution in [2.75, 3.05) is 0 Å². The van der Waals surface area contributed by atoms with E-state index in [1.165, 1.54) is 48.0 Å². The fourth-order valence-corrected chi connectivity index (χ4v) is 8.44. The van der Waals surface area contributed by atoms with Crippen LogP contribution in [0.5, 0.6) is 0 Å². The highest BCUT2D eigenvalue weighted by atomic mass is 32.2. The third-order valence-corrected chi connectivity index (χ3v) is 10.7. The van der Waals surface area contributed by atoms with Gasteiger partial charge < -0.3 is 0 Å². The molecule has 37 heavy (non-hydrogen) atoms. The number of rotatable bonds is 3. The molecular weight excluding hydrogens is 483 g/mol. The van der Waals surface area contributed by atoms with Crippen LogP contribution in [0.15, 0.2) is 52.3 Å². The van der Waals surface area contributed by atoms with Crippen LogP contribution in [0.2, 0.25) is 19.6 Å². The molecule has 0 unspecified atom stereocenters. The zero-order valence-electron chi connectivity index (χ0n) is 26.7. The molecule has 3 heteroatoms. The largest absolute Gasteiger partial charge is 0.222 e. The van der Waals surface area contributed by atoms with Crippen molar-refractivity contribution in [1.82, 2.24) is 0 Å². The molecular formula is C34H44NSSi+. The molecule has 0 bridgehead atoms. The molecule has 0 spiro atoms. The summed E-state index contributed by atoms with van der Waals surface area (Å²) in [4.78, 5) is 2.59. The molecule has 4 aromatic rings. The highest BCUT2D eigenvalue weighted by Gasteiger charge is 2.34. The standard InChI is InChI=1S/C34H44NSSi/c1-21-26-16-22(19-33(2,3)4)12-13-25(26)27(20-34(5,6)7)32-29(21)31-30-23(14-15-35(31)8)17-24(37(9,10)11)18-28(30)36-32/h12-18H,19-20H2,1-11H3/q+1/i14D,15D. The third-order valence-electron chi connectivity index (χ3n) is 7.48. The maximum absolute atomic E-state index is 8.98. The molecule has 5 rings (SSSR count). The molecule has 2 heterocycles. The Hall–Kier alpha value is -2.10. The van der Waals surface area contributed by atoms with Crippen LogP contribution in [0.4, 0.5) is 0 Å². The molecule has 1 aromatic heterocycles. The summed E-state index contributed by atoms with van der Waals surface area (Å²) in [6, 6.07) is 12.1. The minimum atomic E-state index is -1.63. The van der Waals surface area contributed by atoms with E-state index in [1.54, 1.807) is 0 Å². The summed E-state index contributed by atoms with van der Waals surface area (Å²) in [5.41, 5.74) is 6.79. The van der Waals surface area contributed by atoms with E-state index in [-0.39, 0.29) is 17.0 Å². The van der Waals surface area contributed by atoms with Gasteiger partial charge in [0.1, 0.15) is 8.42 Å². The molecule has 0 amide bonds. The lowest BCUT2D eigenvalue weighted by atomic mass is 9.81. The van der Waals surface area contributed by atoms with Gasteiger partial charge in [0.2, 0.25) is 5.69 Å². The SMILES string of the molecule is [2H]c1c([2H])[n+](C)c2c3c(cc([Si](C)(C)C)cc13)Sc1c-2c(C)c2cc(CC(C)(C)C)ccc2c1CC(C)(C)C. The average Bonchev–Trinajstić information content (AvgIpc) is 2.80. The van der Waals surface area contributed by atoms with Crippen LogP contribution in [-0.2, 0) is 19.9 Å². The van der Waals surface area contributed by atoms with E-state index in [4.69, 9.17) is 2.74 Å². The molecule has 0 fully saturated rings. The zero-order valence-corrected chi connectivity index (χ0v) is 26.5. The van der Waals surface area contributed by atoms with Crippen LogP contribution in [0.25, 0.3) is 32.8 Å². The molecule has 0 saturated carbocycles. The third kappa shape index (κ3) is 4.90. The molecule has 0 N–H and O–H groups in total. The quantitative estimate of drug-likeness (QED) is 0.167. The number of fused-ring (bicyclic) bond motifs is 3. The maximum Gasteiger partial charge on any atom is 0.222 e. The lowest BCUT2D eigenvalue weighted by Crippen LogP contribution is -2.38. The van der Waals surface area contributed by atoms with Gasteiger partial charge in [-0.1, -0.05) is 102 Å². The van der Waals surface area contributed by atoms with Crippen molar-refractivity contribution in [3.8, 4) is 11.3 Å². The van der Waals surface area contributed by atoms with Crippen LogP contribution >= 0.6 is 11.8 Å². The van der Waals surface area contributed by atoms with Gasteiger partial charge in [0.25, 0.3) is 0 Å². The number of aryl methyl sites for hydroxylation is 1. The minimum Gasteiger partial charge on any atom is -0.200 e. The number of hydrogen-bond donors (Lipinski definition) is 0. The Bertz CT molecular complexity index is 1670. The second kappa shape index (κ2) is 8.71. The molecule has 3 aromatic carbocycles. The highest BCUT2D eigenvalue weighted by molar-refractivity contribution is 8.00. The Morgan fingerprint density at radius 1 is 0.919 bits per heavy atom. The van der Waals surface area contributed by atoms with Crippen LogP contribution in [0.3, 0.4) is 0 Å². The second-order valence-corrected chi connectivity index (χ2v) is 20.7. The maximum atomic E-state index is 8.98. The molecule has 1 aliphatic rings. The van der Waals surface area contributed by atoms with Crippen molar-refractivity contribution in [2.24, 2.45) is 17.9 Å². The van der Waals surface area contributed by atoms with Crippen LogP contribution < -0.4 is 9.75 Å². The van der Waals surface area contributed by atoms with Crippen molar-refractivity contribution >= 4 is 46.6 Å². The molecule has 1 nitrogen and oxygen atoms in total. The smallest absolute Gasteiger partial charge is 0.200 e. The zero-order chi connectivity index (χ0) is 28.8. The Kier molecular flexibility index (Phi) is 5.64. The van der Waals surface area contributed by atoms with Crippen molar-refractivity contribution < 1.29 is 7.31 Å². The van der Waals surface area contributed by atoms with Crippen LogP contribution in [0, 0.1) is 17.8 Å². The van der Waals surface area contributed by atoms with Gasteiger partial charge in [0.05, 0.1) is 20.4 Å². The van der Waals surface area contributed by atoms with Gasteiger partial charge in [0, 0.05) is 15.8 Å². The van der Waals surface area contributed by atoms with Gasteiger partial charge in [-0.25, -0.2) is 4.57 Å². The average molecular weight is 529 g/mol. The second-order valence-electron chi connectivity index (χ2n) is 14.6. The van der Waals surface area contributed by atoms with Crippen LogP contribution in [0.1, 0.15) is 61.0 Å². The topological polar surface area (TPSA) is 3.88 Å². The van der Waals surface area contributed by atoms with E-state index in [9.17, 15) is 0 Å².